The number of benzene rings is 2. The monoisotopic (exact) mass is 502 g/mol. The number of carbonyl (C=O) groups is 2. The highest BCUT2D eigenvalue weighted by Crippen LogP contribution is 2.28. The van der Waals surface area contributed by atoms with Crippen LogP contribution in [0, 0.1) is 13.8 Å². The van der Waals surface area contributed by atoms with E-state index < -0.39 is 21.8 Å². The van der Waals surface area contributed by atoms with Crippen molar-refractivity contribution in [2.75, 3.05) is 11.6 Å². The topological polar surface area (TPSA) is 110 Å². The Bertz CT molecular complexity index is 1500. The summed E-state index contributed by atoms with van der Waals surface area (Å²) < 4.78 is 26.0. The minimum absolute atomic E-state index is 0.153. The minimum atomic E-state index is -3.36. The number of anilines is 1. The summed E-state index contributed by atoms with van der Waals surface area (Å²) >= 11 is 7.43. The van der Waals surface area contributed by atoms with Crippen molar-refractivity contribution >= 4 is 60.1 Å². The van der Waals surface area contributed by atoms with Crippen molar-refractivity contribution in [3.63, 3.8) is 0 Å². The van der Waals surface area contributed by atoms with E-state index in [2.05, 4.69) is 15.6 Å². The molecule has 0 spiro atoms. The smallest absolute Gasteiger partial charge is 0.318 e. The maximum absolute atomic E-state index is 12.6. The Balaban J connectivity index is 1.48. The first kappa shape index (κ1) is 23.0. The molecule has 170 valence electrons. The molecule has 2 N–H and O–H groups in total. The van der Waals surface area contributed by atoms with Crippen molar-refractivity contribution in [2.45, 2.75) is 18.7 Å². The number of carbonyl (C=O) groups excluding carboxylic acids is 2. The van der Waals surface area contributed by atoms with Crippen LogP contribution in [0.5, 0.6) is 0 Å². The summed E-state index contributed by atoms with van der Waals surface area (Å²) in [7, 11) is -3.36. The number of halogens is 1. The van der Waals surface area contributed by atoms with Gasteiger partial charge in [-0.2, -0.15) is 0 Å². The van der Waals surface area contributed by atoms with Gasteiger partial charge >= 0.3 is 6.03 Å². The average molecular weight is 503 g/mol. The van der Waals surface area contributed by atoms with Gasteiger partial charge in [-0.15, -0.1) is 0 Å². The zero-order valence-corrected chi connectivity index (χ0v) is 20.2. The van der Waals surface area contributed by atoms with E-state index in [1.54, 1.807) is 24.3 Å². The van der Waals surface area contributed by atoms with E-state index in [1.807, 2.05) is 30.5 Å². The lowest BCUT2D eigenvalue weighted by Crippen LogP contribution is -2.34. The summed E-state index contributed by atoms with van der Waals surface area (Å²) in [6.45, 7) is 3.94. The molecule has 0 unspecified atom stereocenters. The third-order valence-corrected chi connectivity index (χ3v) is 7.32. The van der Waals surface area contributed by atoms with E-state index in [-0.39, 0.29) is 20.6 Å². The van der Waals surface area contributed by atoms with Gasteiger partial charge in [-0.1, -0.05) is 22.9 Å². The number of sulfone groups is 1. The summed E-state index contributed by atoms with van der Waals surface area (Å²) in [4.78, 5) is 29.3. The fourth-order valence-corrected chi connectivity index (χ4v) is 5.27. The van der Waals surface area contributed by atoms with Gasteiger partial charge in [0.1, 0.15) is 0 Å². The number of thiazole rings is 1. The molecule has 0 bridgehead atoms. The Labute approximate surface area is 199 Å². The summed E-state index contributed by atoms with van der Waals surface area (Å²) in [6.07, 6.45) is 1.12. The van der Waals surface area contributed by atoms with Crippen LogP contribution in [0.2, 0.25) is 5.02 Å². The van der Waals surface area contributed by atoms with E-state index in [0.29, 0.717) is 10.2 Å². The maximum atomic E-state index is 12.6. The number of nitrogens with zero attached hydrogens (tertiary/aromatic N) is 2. The lowest BCUT2D eigenvalue weighted by atomic mass is 10.2. The molecule has 3 amide bonds. The summed E-state index contributed by atoms with van der Waals surface area (Å²) in [5.74, 6) is -0.662. The van der Waals surface area contributed by atoms with E-state index in [4.69, 9.17) is 11.6 Å². The standard InChI is InChI=1S/C22H19ClN4O4S2/c1-12-4-5-13(2)27(12)14-6-8-16(17(23)10-14)20(28)25-21(29)26-22-24-18-9-7-15(33(3,30)31)11-19(18)32-22/h4-11H,1-3H3,(H2,24,25,26,28,29). The molecule has 4 aromatic rings. The van der Waals surface area contributed by atoms with Gasteiger partial charge in [0.05, 0.1) is 25.7 Å². The minimum Gasteiger partial charge on any atom is -0.318 e. The molecule has 0 aliphatic rings. The maximum Gasteiger partial charge on any atom is 0.327 e. The number of amides is 3. The normalized spacial score (nSPS) is 11.5. The third-order valence-electron chi connectivity index (χ3n) is 4.96. The highest BCUT2D eigenvalue weighted by molar-refractivity contribution is 7.90. The fraction of sp³-hybridized carbons (Fsp3) is 0.136. The number of imide groups is 1. The van der Waals surface area contributed by atoms with Gasteiger partial charge in [0.25, 0.3) is 5.91 Å². The predicted octanol–water partition coefficient (Wildman–Crippen LogP) is 4.72. The molecule has 4 rings (SSSR count). The molecule has 0 aliphatic carbocycles. The van der Waals surface area contributed by atoms with Crippen molar-refractivity contribution in [1.82, 2.24) is 14.9 Å². The van der Waals surface area contributed by atoms with E-state index in [0.717, 1.165) is 34.7 Å². The Kier molecular flexibility index (Phi) is 6.00. The van der Waals surface area contributed by atoms with Crippen LogP contribution < -0.4 is 10.6 Å². The fourth-order valence-electron chi connectivity index (χ4n) is 3.39. The second kappa shape index (κ2) is 8.62. The molecule has 2 aromatic carbocycles. The zero-order chi connectivity index (χ0) is 23.9. The van der Waals surface area contributed by atoms with Gasteiger partial charge in [-0.25, -0.2) is 18.2 Å². The molecular weight excluding hydrogens is 484 g/mol. The first-order valence-electron chi connectivity index (χ1n) is 9.71. The van der Waals surface area contributed by atoms with Crippen molar-refractivity contribution < 1.29 is 18.0 Å². The van der Waals surface area contributed by atoms with Crippen LogP contribution in [0.25, 0.3) is 15.9 Å². The van der Waals surface area contributed by atoms with Crippen LogP contribution in [-0.4, -0.2) is 36.2 Å². The van der Waals surface area contributed by atoms with Gasteiger partial charge < -0.3 is 4.57 Å². The SMILES string of the molecule is Cc1ccc(C)n1-c1ccc(C(=O)NC(=O)Nc2nc3ccc(S(C)(=O)=O)cc3s2)c(Cl)c1. The van der Waals surface area contributed by atoms with E-state index in [1.165, 1.54) is 12.1 Å². The van der Waals surface area contributed by atoms with Crippen molar-refractivity contribution in [3.05, 3.63) is 70.5 Å². The quantitative estimate of drug-likeness (QED) is 0.419. The molecule has 8 nitrogen and oxygen atoms in total. The van der Waals surface area contributed by atoms with Crippen LogP contribution in [0.15, 0.2) is 53.4 Å². The summed E-state index contributed by atoms with van der Waals surface area (Å²) in [5, 5.41) is 5.16. The van der Waals surface area contributed by atoms with E-state index in [9.17, 15) is 18.0 Å². The number of aromatic nitrogens is 2. The average Bonchev–Trinajstić information content (AvgIpc) is 3.28. The Morgan fingerprint density at radius 2 is 1.73 bits per heavy atom. The van der Waals surface area contributed by atoms with Crippen molar-refractivity contribution in [1.29, 1.82) is 0 Å². The number of rotatable bonds is 4. The molecule has 0 aliphatic heterocycles. The van der Waals surface area contributed by atoms with Crippen molar-refractivity contribution in [3.8, 4) is 5.69 Å². The van der Waals surface area contributed by atoms with E-state index >= 15 is 0 Å². The Morgan fingerprint density at radius 1 is 1.03 bits per heavy atom. The molecule has 2 aromatic heterocycles. The predicted molar refractivity (Wildman–Crippen MR) is 129 cm³/mol. The van der Waals surface area contributed by atoms with Crippen LogP contribution >= 0.6 is 22.9 Å². The molecule has 33 heavy (non-hydrogen) atoms. The molecule has 0 saturated carbocycles. The second-order valence-corrected chi connectivity index (χ2v) is 10.9. The van der Waals surface area contributed by atoms with Gasteiger partial charge in [0.15, 0.2) is 15.0 Å². The Morgan fingerprint density at radius 3 is 2.36 bits per heavy atom. The molecule has 0 atom stereocenters. The highest BCUT2D eigenvalue weighted by Gasteiger charge is 2.17. The largest absolute Gasteiger partial charge is 0.327 e. The van der Waals surface area contributed by atoms with Crippen molar-refractivity contribution in [2.24, 2.45) is 0 Å². The van der Waals surface area contributed by atoms with Crippen LogP contribution in [0.3, 0.4) is 0 Å². The number of hydrogen-bond donors (Lipinski definition) is 2. The number of aryl methyl sites for hydroxylation is 2. The third kappa shape index (κ3) is 4.77. The zero-order valence-electron chi connectivity index (χ0n) is 17.8. The number of hydrogen-bond acceptors (Lipinski definition) is 6. The van der Waals surface area contributed by atoms with Crippen LogP contribution in [0.1, 0.15) is 21.7 Å². The van der Waals surface area contributed by atoms with Gasteiger partial charge in [-0.3, -0.25) is 15.4 Å². The summed E-state index contributed by atoms with van der Waals surface area (Å²) in [5.41, 5.74) is 3.55. The lowest BCUT2D eigenvalue weighted by Gasteiger charge is -2.12. The highest BCUT2D eigenvalue weighted by atomic mass is 35.5. The summed E-state index contributed by atoms with van der Waals surface area (Å²) in [6, 6.07) is 12.7. The van der Waals surface area contributed by atoms with Gasteiger partial charge in [0, 0.05) is 23.3 Å². The molecule has 0 saturated heterocycles. The van der Waals surface area contributed by atoms with Crippen LogP contribution in [-0.2, 0) is 9.84 Å². The molecular formula is C22H19ClN4O4S2. The second-order valence-electron chi connectivity index (χ2n) is 7.44. The molecule has 0 radical (unpaired) electrons. The molecule has 2 heterocycles. The lowest BCUT2D eigenvalue weighted by molar-refractivity contribution is 0.0967. The van der Waals surface area contributed by atoms with Gasteiger partial charge in [0.2, 0.25) is 0 Å². The number of fused-ring (bicyclic) bond motifs is 1. The number of nitrogens with one attached hydrogen (secondary N) is 2. The van der Waals surface area contributed by atoms with Crippen LogP contribution in [0.4, 0.5) is 9.93 Å². The number of urea groups is 1. The molecule has 0 fully saturated rings. The Hall–Kier alpha value is -3.21. The first-order valence-corrected chi connectivity index (χ1v) is 12.8. The van der Waals surface area contributed by atoms with Gasteiger partial charge in [-0.05, 0) is 62.4 Å². The molecule has 11 heteroatoms. The first-order chi connectivity index (χ1) is 15.5.